The zero-order valence-electron chi connectivity index (χ0n) is 19.2. The molecule has 0 bridgehead atoms. The van der Waals surface area contributed by atoms with Crippen LogP contribution in [0.3, 0.4) is 0 Å². The average Bonchev–Trinajstić information content (AvgIpc) is 2.81. The first kappa shape index (κ1) is 27.0. The Morgan fingerprint density at radius 3 is 2.59 bits per heavy atom. The van der Waals surface area contributed by atoms with Crippen molar-refractivity contribution in [3.63, 3.8) is 0 Å². The van der Waals surface area contributed by atoms with Gasteiger partial charge in [0.1, 0.15) is 6.61 Å². The third-order valence-corrected chi connectivity index (χ3v) is 6.71. The molecule has 1 saturated heterocycles. The Morgan fingerprint density at radius 1 is 1.31 bits per heavy atom. The molecule has 5 N–H and O–H groups in total. The number of thioether (sulfide) groups is 1. The van der Waals surface area contributed by atoms with E-state index in [2.05, 4.69) is 23.8 Å². The van der Waals surface area contributed by atoms with Crippen LogP contribution in [0.15, 0.2) is 4.99 Å². The lowest BCUT2D eigenvalue weighted by Crippen LogP contribution is -2.48. The van der Waals surface area contributed by atoms with Gasteiger partial charge in [0, 0.05) is 37.1 Å². The van der Waals surface area contributed by atoms with Crippen molar-refractivity contribution in [3.05, 3.63) is 0 Å². The number of carboxylic acids is 1. The van der Waals surface area contributed by atoms with Crippen molar-refractivity contribution in [2.45, 2.75) is 82.3 Å². The molecule has 32 heavy (non-hydrogen) atoms. The molecule has 1 amide bonds. The van der Waals surface area contributed by atoms with Crippen LogP contribution < -0.4 is 10.6 Å². The van der Waals surface area contributed by atoms with Crippen molar-refractivity contribution in [2.24, 2.45) is 10.9 Å². The van der Waals surface area contributed by atoms with E-state index in [-0.39, 0.29) is 37.4 Å². The Morgan fingerprint density at radius 2 is 2.00 bits per heavy atom. The zero-order valence-corrected chi connectivity index (χ0v) is 20.0. The van der Waals surface area contributed by atoms with Gasteiger partial charge < -0.3 is 35.4 Å². The number of aliphatic hydroxyl groups excluding tert-OH is 2. The van der Waals surface area contributed by atoms with Gasteiger partial charge in [0.15, 0.2) is 12.4 Å². The van der Waals surface area contributed by atoms with Crippen molar-refractivity contribution in [1.82, 2.24) is 10.6 Å². The fourth-order valence-corrected chi connectivity index (χ4v) is 4.77. The summed E-state index contributed by atoms with van der Waals surface area (Å²) in [5.41, 5.74) is 1.13. The number of carboxylic acid groups (broad SMARTS) is 1. The van der Waals surface area contributed by atoms with Gasteiger partial charge in [0.25, 0.3) is 0 Å². The van der Waals surface area contributed by atoms with Gasteiger partial charge in [0.2, 0.25) is 5.91 Å². The largest absolute Gasteiger partial charge is 0.479 e. The summed E-state index contributed by atoms with van der Waals surface area (Å²) in [4.78, 5) is 28.3. The summed E-state index contributed by atoms with van der Waals surface area (Å²) in [6.45, 7) is 3.77. The fraction of sp³-hybridized carbons (Fsp3) is 0.857. The predicted molar refractivity (Wildman–Crippen MR) is 122 cm³/mol. The molecule has 2 aliphatic rings. The van der Waals surface area contributed by atoms with Gasteiger partial charge >= 0.3 is 5.97 Å². The van der Waals surface area contributed by atoms with Crippen LogP contribution in [0.4, 0.5) is 0 Å². The van der Waals surface area contributed by atoms with E-state index in [4.69, 9.17) is 19.6 Å². The van der Waals surface area contributed by atoms with Gasteiger partial charge in [0.05, 0.1) is 18.2 Å². The number of nitrogens with zero attached hydrogens (tertiary/aromatic N) is 1. The summed E-state index contributed by atoms with van der Waals surface area (Å²) >= 11 is 1.83. The number of aliphatic carboxylic acids is 1. The molecule has 2 heterocycles. The summed E-state index contributed by atoms with van der Waals surface area (Å²) in [6.07, 6.45) is -1.36. The number of hydrogen-bond donors (Lipinski definition) is 5. The highest BCUT2D eigenvalue weighted by Gasteiger charge is 2.37. The highest BCUT2D eigenvalue weighted by Crippen LogP contribution is 2.26. The van der Waals surface area contributed by atoms with Crippen LogP contribution in [0, 0.1) is 5.92 Å². The van der Waals surface area contributed by atoms with E-state index >= 15 is 0 Å². The molecule has 0 aromatic heterocycles. The second-order valence-electron chi connectivity index (χ2n) is 8.70. The van der Waals surface area contributed by atoms with E-state index in [0.717, 1.165) is 17.9 Å². The van der Waals surface area contributed by atoms with Gasteiger partial charge in [-0.25, -0.2) is 4.79 Å². The van der Waals surface area contributed by atoms with Crippen LogP contribution in [-0.4, -0.2) is 101 Å². The predicted octanol–water partition coefficient (Wildman–Crippen LogP) is 0.00970. The quantitative estimate of drug-likeness (QED) is 0.263. The topological polar surface area (TPSA) is 150 Å². The first-order valence-corrected chi connectivity index (χ1v) is 12.4. The van der Waals surface area contributed by atoms with E-state index in [1.54, 1.807) is 0 Å². The molecule has 0 aromatic rings. The second-order valence-corrected chi connectivity index (χ2v) is 9.61. The lowest BCUT2D eigenvalue weighted by molar-refractivity contribution is -0.201. The SMILES string of the molecule is CNC(CC(C)NC(=O)COC1CC(O)CC(O)C(C(=O)O)O1)C1=NC(C(C)CSC)C1. The zero-order chi connectivity index (χ0) is 23.8. The van der Waals surface area contributed by atoms with Crippen LogP contribution in [0.2, 0.25) is 0 Å². The molecule has 8 unspecified atom stereocenters. The second kappa shape index (κ2) is 12.9. The highest BCUT2D eigenvalue weighted by molar-refractivity contribution is 7.98. The lowest BCUT2D eigenvalue weighted by Gasteiger charge is -2.34. The molecule has 0 aliphatic carbocycles. The van der Waals surface area contributed by atoms with Gasteiger partial charge in [-0.2, -0.15) is 11.8 Å². The number of carbonyl (C=O) groups excluding carboxylic acids is 1. The molecular weight excluding hydrogens is 438 g/mol. The number of ether oxygens (including phenoxy) is 2. The fourth-order valence-electron chi connectivity index (χ4n) is 4.03. The van der Waals surface area contributed by atoms with Crippen molar-refractivity contribution in [1.29, 1.82) is 0 Å². The van der Waals surface area contributed by atoms with Crippen molar-refractivity contribution < 1.29 is 34.4 Å². The van der Waals surface area contributed by atoms with Gasteiger partial charge in [-0.3, -0.25) is 9.79 Å². The van der Waals surface area contributed by atoms with Crippen LogP contribution >= 0.6 is 11.8 Å². The molecule has 0 saturated carbocycles. The summed E-state index contributed by atoms with van der Waals surface area (Å²) < 4.78 is 10.6. The van der Waals surface area contributed by atoms with E-state index in [0.29, 0.717) is 18.4 Å². The minimum absolute atomic E-state index is 0.0263. The highest BCUT2D eigenvalue weighted by atomic mass is 32.2. The number of hydrogen-bond acceptors (Lipinski definition) is 9. The number of aliphatic imine (C=N–C) groups is 1. The summed E-state index contributed by atoms with van der Waals surface area (Å²) in [5.74, 6) is -0.0805. The number of amides is 1. The standard InChI is InChI=1S/C21H37N3O7S/c1-11(10-32-4)14-8-16(24-14)15(22-3)5-12(2)23-18(27)9-30-19-7-13(25)6-17(26)20(31-19)21(28)29/h11-15,17,19-20,22,25-26H,5-10H2,1-4H3,(H,23,27)(H,28,29). The van der Waals surface area contributed by atoms with E-state index in [1.807, 2.05) is 25.7 Å². The summed E-state index contributed by atoms with van der Waals surface area (Å²) in [7, 11) is 1.88. The first-order chi connectivity index (χ1) is 15.1. The Bertz CT molecular complexity index is 665. The van der Waals surface area contributed by atoms with Gasteiger partial charge in [-0.1, -0.05) is 6.92 Å². The molecule has 11 heteroatoms. The van der Waals surface area contributed by atoms with Crippen LogP contribution in [0.25, 0.3) is 0 Å². The molecular formula is C21H37N3O7S. The van der Waals surface area contributed by atoms with Crippen molar-refractivity contribution in [3.8, 4) is 0 Å². The van der Waals surface area contributed by atoms with E-state index in [1.165, 1.54) is 0 Å². The molecule has 1 fully saturated rings. The molecule has 8 atom stereocenters. The van der Waals surface area contributed by atoms with Gasteiger partial charge in [-0.15, -0.1) is 0 Å². The number of aliphatic hydroxyl groups is 2. The summed E-state index contributed by atoms with van der Waals surface area (Å²) in [6, 6.07) is 0.319. The Kier molecular flexibility index (Phi) is 10.8. The Labute approximate surface area is 193 Å². The third-order valence-electron chi connectivity index (χ3n) is 5.85. The number of rotatable bonds is 12. The Balaban J connectivity index is 1.78. The number of carbonyl (C=O) groups is 2. The maximum atomic E-state index is 12.3. The number of nitrogens with one attached hydrogen (secondary N) is 2. The maximum absolute atomic E-state index is 12.3. The molecule has 184 valence electrons. The molecule has 2 aliphatic heterocycles. The minimum Gasteiger partial charge on any atom is -0.479 e. The maximum Gasteiger partial charge on any atom is 0.335 e. The van der Waals surface area contributed by atoms with Crippen molar-refractivity contribution in [2.75, 3.05) is 25.7 Å². The normalized spacial score (nSPS) is 30.9. The van der Waals surface area contributed by atoms with Crippen LogP contribution in [-0.2, 0) is 19.1 Å². The summed E-state index contributed by atoms with van der Waals surface area (Å²) in [5, 5.41) is 35.0. The van der Waals surface area contributed by atoms with Crippen LogP contribution in [0.5, 0.6) is 0 Å². The first-order valence-electron chi connectivity index (χ1n) is 11.0. The van der Waals surface area contributed by atoms with Gasteiger partial charge in [-0.05, 0) is 38.3 Å². The van der Waals surface area contributed by atoms with Crippen molar-refractivity contribution >= 4 is 29.4 Å². The molecule has 0 radical (unpaired) electrons. The third kappa shape index (κ3) is 7.96. The Hall–Kier alpha value is -1.24. The lowest BCUT2D eigenvalue weighted by atomic mass is 9.87. The van der Waals surface area contributed by atoms with Crippen LogP contribution in [0.1, 0.15) is 39.5 Å². The molecule has 2 rings (SSSR count). The average molecular weight is 476 g/mol. The van der Waals surface area contributed by atoms with E-state index in [9.17, 15) is 19.8 Å². The monoisotopic (exact) mass is 475 g/mol. The van der Waals surface area contributed by atoms with E-state index < -0.39 is 30.6 Å². The molecule has 0 spiro atoms. The molecule has 10 nitrogen and oxygen atoms in total. The minimum atomic E-state index is -1.51. The smallest absolute Gasteiger partial charge is 0.335 e. The molecule has 0 aromatic carbocycles.